The lowest BCUT2D eigenvalue weighted by Gasteiger charge is -2.19. The second-order valence-electron chi connectivity index (χ2n) is 6.97. The molecule has 0 saturated carbocycles. The van der Waals surface area contributed by atoms with Crippen LogP contribution in [0.5, 0.6) is 11.5 Å². The molecule has 11 nitrogen and oxygen atoms in total. The maximum Gasteiger partial charge on any atom is 0.348 e. The van der Waals surface area contributed by atoms with Gasteiger partial charge in [-0.05, 0) is 30.3 Å². The van der Waals surface area contributed by atoms with Crippen LogP contribution in [-0.4, -0.2) is 55.6 Å². The number of pyridine rings is 1. The Kier molecular flexibility index (Phi) is 5.63. The molecule has 0 unspecified atom stereocenters. The van der Waals surface area contributed by atoms with Crippen molar-refractivity contribution in [3.05, 3.63) is 82.8 Å². The zero-order valence-corrected chi connectivity index (χ0v) is 18.2. The van der Waals surface area contributed by atoms with E-state index in [4.69, 9.17) is 0 Å². The van der Waals surface area contributed by atoms with Gasteiger partial charge >= 0.3 is 5.69 Å². The van der Waals surface area contributed by atoms with Crippen LogP contribution in [0.4, 0.5) is 4.39 Å². The first kappa shape index (κ1) is 22.7. The predicted octanol–water partition coefficient (Wildman–Crippen LogP) is 1.63. The SMILES string of the molecule is CN(C(=O)c1ccccn1)S(=O)(=O)c1cc(-c2n[nH]c(=O)n2-c2ccccc2F)c(O)cc1O. The van der Waals surface area contributed by atoms with E-state index < -0.39 is 43.8 Å². The van der Waals surface area contributed by atoms with E-state index in [-0.39, 0.29) is 22.8 Å². The van der Waals surface area contributed by atoms with Crippen LogP contribution in [-0.2, 0) is 10.0 Å². The van der Waals surface area contributed by atoms with Crippen molar-refractivity contribution in [2.24, 2.45) is 0 Å². The minimum atomic E-state index is -4.66. The topological polar surface area (TPSA) is 158 Å². The zero-order chi connectivity index (χ0) is 24.6. The molecule has 0 aliphatic heterocycles. The standard InChI is InChI=1S/C21H16FN5O6S/c1-26(20(30)14-7-4-5-9-23-14)34(32,33)18-10-12(16(28)11-17(18)29)19-24-25-21(31)27(19)15-8-3-2-6-13(15)22/h2-11,28-29H,1H3,(H,25,31). The van der Waals surface area contributed by atoms with Crippen LogP contribution in [0.1, 0.15) is 10.5 Å². The fraction of sp³-hybridized carbons (Fsp3) is 0.0476. The number of aromatic nitrogens is 4. The number of halogens is 1. The summed E-state index contributed by atoms with van der Waals surface area (Å²) >= 11 is 0. The molecule has 174 valence electrons. The Morgan fingerprint density at radius 1 is 1.09 bits per heavy atom. The van der Waals surface area contributed by atoms with Gasteiger partial charge in [-0.15, -0.1) is 0 Å². The predicted molar refractivity (Wildman–Crippen MR) is 116 cm³/mol. The fourth-order valence-corrected chi connectivity index (χ4v) is 4.38. The number of phenols is 2. The quantitative estimate of drug-likeness (QED) is 0.385. The van der Waals surface area contributed by atoms with Gasteiger partial charge in [-0.2, -0.15) is 5.10 Å². The molecule has 4 aromatic rings. The Morgan fingerprint density at radius 3 is 2.47 bits per heavy atom. The van der Waals surface area contributed by atoms with E-state index in [0.717, 1.165) is 23.7 Å². The van der Waals surface area contributed by atoms with Crippen molar-refractivity contribution in [3.63, 3.8) is 0 Å². The van der Waals surface area contributed by atoms with Crippen LogP contribution in [0.3, 0.4) is 0 Å². The summed E-state index contributed by atoms with van der Waals surface area (Å²) in [5, 5.41) is 26.6. The number of nitrogens with one attached hydrogen (secondary N) is 1. The minimum Gasteiger partial charge on any atom is -0.507 e. The van der Waals surface area contributed by atoms with Gasteiger partial charge in [-0.3, -0.25) is 9.78 Å². The van der Waals surface area contributed by atoms with Gasteiger partial charge in [0.25, 0.3) is 15.9 Å². The maximum absolute atomic E-state index is 14.4. The summed E-state index contributed by atoms with van der Waals surface area (Å²) in [7, 11) is -3.69. The Morgan fingerprint density at radius 2 is 1.79 bits per heavy atom. The molecule has 2 heterocycles. The second-order valence-corrected chi connectivity index (χ2v) is 8.91. The molecule has 4 rings (SSSR count). The minimum absolute atomic E-state index is 0.159. The molecule has 0 spiro atoms. The molecule has 3 N–H and O–H groups in total. The first-order valence-electron chi connectivity index (χ1n) is 9.56. The summed E-state index contributed by atoms with van der Waals surface area (Å²) in [5.74, 6) is -3.59. The van der Waals surface area contributed by atoms with E-state index in [0.29, 0.717) is 10.4 Å². The van der Waals surface area contributed by atoms with Gasteiger partial charge in [0.05, 0.1) is 11.3 Å². The number of para-hydroxylation sites is 1. The number of hydrogen-bond donors (Lipinski definition) is 3. The average Bonchev–Trinajstić information content (AvgIpc) is 3.19. The lowest BCUT2D eigenvalue weighted by molar-refractivity contribution is 0.0877. The third kappa shape index (κ3) is 3.77. The summed E-state index contributed by atoms with van der Waals surface area (Å²) in [6, 6.07) is 11.1. The van der Waals surface area contributed by atoms with E-state index in [1.807, 2.05) is 0 Å². The molecule has 0 radical (unpaired) electrons. The van der Waals surface area contributed by atoms with Crippen molar-refractivity contribution in [2.45, 2.75) is 4.90 Å². The van der Waals surface area contributed by atoms with Crippen molar-refractivity contribution < 1.29 is 27.8 Å². The van der Waals surface area contributed by atoms with Crippen LogP contribution >= 0.6 is 0 Å². The normalized spacial score (nSPS) is 11.4. The number of sulfonamides is 1. The van der Waals surface area contributed by atoms with Gasteiger partial charge in [0, 0.05) is 19.3 Å². The zero-order valence-electron chi connectivity index (χ0n) is 17.4. The third-order valence-corrected chi connectivity index (χ3v) is 6.66. The smallest absolute Gasteiger partial charge is 0.348 e. The average molecular weight is 485 g/mol. The van der Waals surface area contributed by atoms with Gasteiger partial charge in [0.1, 0.15) is 27.9 Å². The molecule has 0 aliphatic carbocycles. The number of phenolic OH excluding ortho intramolecular Hbond substituents is 2. The number of amides is 1. The monoisotopic (exact) mass is 485 g/mol. The number of benzene rings is 2. The lowest BCUT2D eigenvalue weighted by atomic mass is 10.1. The number of carbonyl (C=O) groups is 1. The Hall–Kier alpha value is -4.52. The number of aromatic hydroxyl groups is 2. The first-order valence-corrected chi connectivity index (χ1v) is 11.0. The van der Waals surface area contributed by atoms with Gasteiger partial charge in [-0.1, -0.05) is 18.2 Å². The molecule has 0 aliphatic rings. The van der Waals surface area contributed by atoms with E-state index in [9.17, 15) is 32.6 Å². The summed E-state index contributed by atoms with van der Waals surface area (Å²) in [6.45, 7) is 0. The summed E-state index contributed by atoms with van der Waals surface area (Å²) in [6.07, 6.45) is 1.31. The highest BCUT2D eigenvalue weighted by Crippen LogP contribution is 2.37. The summed E-state index contributed by atoms with van der Waals surface area (Å²) < 4.78 is 41.8. The Bertz CT molecular complexity index is 1570. The summed E-state index contributed by atoms with van der Waals surface area (Å²) in [4.78, 5) is 28.0. The Labute approximate surface area is 191 Å². The molecular formula is C21H16FN5O6S. The van der Waals surface area contributed by atoms with Crippen LogP contribution in [0.25, 0.3) is 17.1 Å². The highest BCUT2D eigenvalue weighted by molar-refractivity contribution is 7.89. The number of H-pyrrole nitrogens is 1. The molecule has 2 aromatic heterocycles. The highest BCUT2D eigenvalue weighted by atomic mass is 32.2. The molecule has 0 atom stereocenters. The number of nitrogens with zero attached hydrogens (tertiary/aromatic N) is 4. The van der Waals surface area contributed by atoms with Crippen LogP contribution in [0, 0.1) is 5.82 Å². The van der Waals surface area contributed by atoms with E-state index >= 15 is 0 Å². The summed E-state index contributed by atoms with van der Waals surface area (Å²) in [5.41, 5.74) is -1.56. The Balaban J connectivity index is 1.86. The molecule has 13 heteroatoms. The van der Waals surface area contributed by atoms with E-state index in [1.54, 1.807) is 6.07 Å². The molecule has 0 fully saturated rings. The van der Waals surface area contributed by atoms with Gasteiger partial charge in [-0.25, -0.2) is 31.6 Å². The van der Waals surface area contributed by atoms with Crippen molar-refractivity contribution in [1.82, 2.24) is 24.1 Å². The largest absolute Gasteiger partial charge is 0.507 e. The number of hydrogen-bond acceptors (Lipinski definition) is 8. The number of carbonyl (C=O) groups excluding carboxylic acids is 1. The van der Waals surface area contributed by atoms with Gasteiger partial charge < -0.3 is 10.2 Å². The van der Waals surface area contributed by atoms with Crippen LogP contribution in [0.15, 0.2) is 70.5 Å². The number of aromatic amines is 1. The highest BCUT2D eigenvalue weighted by Gasteiger charge is 2.32. The first-order chi connectivity index (χ1) is 16.1. The second kappa shape index (κ2) is 8.44. The molecule has 2 aromatic carbocycles. The lowest BCUT2D eigenvalue weighted by Crippen LogP contribution is -2.33. The van der Waals surface area contributed by atoms with Gasteiger partial charge in [0.2, 0.25) is 0 Å². The van der Waals surface area contributed by atoms with E-state index in [1.165, 1.54) is 36.5 Å². The van der Waals surface area contributed by atoms with Crippen molar-refractivity contribution in [2.75, 3.05) is 7.05 Å². The molecular weight excluding hydrogens is 469 g/mol. The van der Waals surface area contributed by atoms with Crippen molar-refractivity contribution in [1.29, 1.82) is 0 Å². The van der Waals surface area contributed by atoms with Crippen molar-refractivity contribution >= 4 is 15.9 Å². The third-order valence-electron chi connectivity index (χ3n) is 4.89. The van der Waals surface area contributed by atoms with Crippen LogP contribution in [0.2, 0.25) is 0 Å². The molecule has 34 heavy (non-hydrogen) atoms. The molecule has 0 bridgehead atoms. The fourth-order valence-electron chi connectivity index (χ4n) is 3.18. The number of rotatable bonds is 5. The van der Waals surface area contributed by atoms with Crippen molar-refractivity contribution in [3.8, 4) is 28.6 Å². The van der Waals surface area contributed by atoms with Gasteiger partial charge in [0.15, 0.2) is 5.82 Å². The van der Waals surface area contributed by atoms with E-state index in [2.05, 4.69) is 15.2 Å². The van der Waals surface area contributed by atoms with Crippen LogP contribution < -0.4 is 5.69 Å². The molecule has 1 amide bonds. The maximum atomic E-state index is 14.4. The molecule has 0 saturated heterocycles.